The van der Waals surface area contributed by atoms with E-state index in [1.807, 2.05) is 0 Å². The Morgan fingerprint density at radius 1 is 1.18 bits per heavy atom. The van der Waals surface area contributed by atoms with Crippen molar-refractivity contribution in [3.63, 3.8) is 0 Å². The van der Waals surface area contributed by atoms with Gasteiger partial charge >= 0.3 is 79.7 Å². The standard InChI is InChI=1S/C9H12Se2/c1-3-10-11-9-6-4-8(2)5-7-9/h4-7H,3H2,1-2H3. The fourth-order valence-electron chi connectivity index (χ4n) is 0.721. The molecule has 2 heteroatoms. The molecule has 0 atom stereocenters. The summed E-state index contributed by atoms with van der Waals surface area (Å²) in [6.07, 6.45) is 0. The molecule has 11 heavy (non-hydrogen) atoms. The normalized spacial score (nSPS) is 10.0. The number of rotatable bonds is 3. The van der Waals surface area contributed by atoms with Gasteiger partial charge in [0.1, 0.15) is 0 Å². The molecule has 0 aliphatic carbocycles. The summed E-state index contributed by atoms with van der Waals surface area (Å²) >= 11 is 1.65. The molecule has 60 valence electrons. The third-order valence-corrected chi connectivity index (χ3v) is 8.96. The van der Waals surface area contributed by atoms with Gasteiger partial charge in [-0.25, -0.2) is 0 Å². The first kappa shape index (κ1) is 9.35. The van der Waals surface area contributed by atoms with Crippen LogP contribution in [0.5, 0.6) is 0 Å². The van der Waals surface area contributed by atoms with E-state index in [-0.39, 0.29) is 0 Å². The first-order valence-electron chi connectivity index (χ1n) is 3.69. The van der Waals surface area contributed by atoms with Gasteiger partial charge in [-0.05, 0) is 0 Å². The van der Waals surface area contributed by atoms with Gasteiger partial charge in [0.25, 0.3) is 0 Å². The van der Waals surface area contributed by atoms with Gasteiger partial charge in [-0.3, -0.25) is 0 Å². The van der Waals surface area contributed by atoms with Gasteiger partial charge < -0.3 is 0 Å². The summed E-state index contributed by atoms with van der Waals surface area (Å²) in [5.74, 6) is 0. The second-order valence-corrected chi connectivity index (χ2v) is 9.73. The van der Waals surface area contributed by atoms with Crippen molar-refractivity contribution in [3.8, 4) is 0 Å². The number of hydrogen-bond acceptors (Lipinski definition) is 0. The third-order valence-electron chi connectivity index (χ3n) is 1.29. The molecule has 0 spiro atoms. The Kier molecular flexibility index (Phi) is 4.25. The van der Waals surface area contributed by atoms with Crippen LogP contribution in [0.15, 0.2) is 24.3 Å². The quantitative estimate of drug-likeness (QED) is 0.733. The molecule has 0 saturated carbocycles. The molecule has 0 nitrogen and oxygen atoms in total. The predicted molar refractivity (Wildman–Crippen MR) is 52.8 cm³/mol. The summed E-state index contributed by atoms with van der Waals surface area (Å²) in [6, 6.07) is 8.96. The van der Waals surface area contributed by atoms with E-state index in [0.29, 0.717) is 0 Å². The van der Waals surface area contributed by atoms with Crippen LogP contribution in [0.25, 0.3) is 0 Å². The molecule has 0 saturated heterocycles. The van der Waals surface area contributed by atoms with Crippen molar-refractivity contribution in [2.75, 3.05) is 0 Å². The van der Waals surface area contributed by atoms with Crippen LogP contribution in [-0.4, -0.2) is 26.3 Å². The van der Waals surface area contributed by atoms with Crippen LogP contribution in [0.2, 0.25) is 5.32 Å². The molecule has 0 fully saturated rings. The van der Waals surface area contributed by atoms with Gasteiger partial charge in [-0.15, -0.1) is 0 Å². The van der Waals surface area contributed by atoms with Gasteiger partial charge in [-0.2, -0.15) is 0 Å². The van der Waals surface area contributed by atoms with Gasteiger partial charge in [0.05, 0.1) is 0 Å². The second kappa shape index (κ2) is 5.00. The maximum absolute atomic E-state index is 2.27. The van der Waals surface area contributed by atoms with Crippen molar-refractivity contribution in [1.29, 1.82) is 0 Å². The molecule has 0 unspecified atom stereocenters. The molecule has 0 bridgehead atoms. The van der Waals surface area contributed by atoms with Crippen LogP contribution in [0.4, 0.5) is 0 Å². The van der Waals surface area contributed by atoms with Crippen LogP contribution in [-0.2, 0) is 0 Å². The minimum atomic E-state index is 0.773. The summed E-state index contributed by atoms with van der Waals surface area (Å²) in [4.78, 5) is 0. The average molecular weight is 278 g/mol. The van der Waals surface area contributed by atoms with Gasteiger partial charge in [0, 0.05) is 0 Å². The summed E-state index contributed by atoms with van der Waals surface area (Å²) in [7, 11) is 0. The molecule has 0 aliphatic heterocycles. The van der Waals surface area contributed by atoms with Crippen LogP contribution in [0.1, 0.15) is 12.5 Å². The molecular weight excluding hydrogens is 266 g/mol. The van der Waals surface area contributed by atoms with E-state index >= 15 is 0 Å². The summed E-state index contributed by atoms with van der Waals surface area (Å²) in [5.41, 5.74) is 1.37. The van der Waals surface area contributed by atoms with Crippen molar-refractivity contribution in [3.05, 3.63) is 29.8 Å². The first-order valence-corrected chi connectivity index (χ1v) is 10.1. The fourth-order valence-corrected chi connectivity index (χ4v) is 5.75. The van der Waals surface area contributed by atoms with E-state index in [9.17, 15) is 0 Å². The molecule has 1 rings (SSSR count). The first-order chi connectivity index (χ1) is 5.33. The zero-order valence-corrected chi connectivity index (χ0v) is 10.3. The Morgan fingerprint density at radius 2 is 1.82 bits per heavy atom. The average Bonchev–Trinajstić information content (AvgIpc) is 2.04. The van der Waals surface area contributed by atoms with Crippen LogP contribution in [0.3, 0.4) is 0 Å². The van der Waals surface area contributed by atoms with Crippen molar-refractivity contribution in [1.82, 2.24) is 0 Å². The fraction of sp³-hybridized carbons (Fsp3) is 0.333. The molecule has 0 heterocycles. The zero-order chi connectivity index (χ0) is 8.10. The molecular formula is C9H12Se2. The molecule has 1 aromatic carbocycles. The molecule has 0 N–H and O–H groups in total. The van der Waals surface area contributed by atoms with E-state index in [4.69, 9.17) is 0 Å². The van der Waals surface area contributed by atoms with E-state index in [1.165, 1.54) is 10.9 Å². The van der Waals surface area contributed by atoms with E-state index in [1.54, 1.807) is 4.46 Å². The Labute approximate surface area is 79.6 Å². The Morgan fingerprint density at radius 3 is 2.36 bits per heavy atom. The predicted octanol–water partition coefficient (Wildman–Crippen LogP) is 1.38. The molecule has 0 amide bonds. The second-order valence-electron chi connectivity index (χ2n) is 2.30. The molecule has 0 aliphatic rings. The SMILES string of the molecule is CC[Se][Se]c1ccc(C)cc1. The molecule has 1 aromatic rings. The third kappa shape index (κ3) is 3.44. The molecule has 0 radical (unpaired) electrons. The Bertz CT molecular complexity index is 203. The van der Waals surface area contributed by atoms with Gasteiger partial charge in [-0.1, -0.05) is 0 Å². The Balaban J connectivity index is 2.52. The van der Waals surface area contributed by atoms with Gasteiger partial charge in [0.2, 0.25) is 0 Å². The summed E-state index contributed by atoms with van der Waals surface area (Å²) in [5, 5.41) is 1.38. The van der Waals surface area contributed by atoms with Crippen LogP contribution < -0.4 is 4.46 Å². The zero-order valence-electron chi connectivity index (χ0n) is 6.83. The number of benzene rings is 1. The van der Waals surface area contributed by atoms with Crippen LogP contribution >= 0.6 is 0 Å². The summed E-state index contributed by atoms with van der Waals surface area (Å²) in [6.45, 7) is 4.41. The van der Waals surface area contributed by atoms with E-state index in [2.05, 4.69) is 38.1 Å². The van der Waals surface area contributed by atoms with E-state index in [0.717, 1.165) is 26.3 Å². The topological polar surface area (TPSA) is 0 Å². The number of hydrogen-bond donors (Lipinski definition) is 0. The van der Waals surface area contributed by atoms with Crippen molar-refractivity contribution in [2.24, 2.45) is 0 Å². The minimum absolute atomic E-state index is 0.773. The Hall–Kier alpha value is 0.259. The maximum atomic E-state index is 2.27. The monoisotopic (exact) mass is 280 g/mol. The summed E-state index contributed by atoms with van der Waals surface area (Å²) < 4.78 is 1.56. The van der Waals surface area contributed by atoms with Crippen LogP contribution in [0, 0.1) is 6.92 Å². The van der Waals surface area contributed by atoms with Crippen molar-refractivity contribution in [2.45, 2.75) is 19.2 Å². The van der Waals surface area contributed by atoms with E-state index < -0.39 is 0 Å². The van der Waals surface area contributed by atoms with Crippen molar-refractivity contribution < 1.29 is 0 Å². The number of aryl methyl sites for hydroxylation is 1. The van der Waals surface area contributed by atoms with Crippen molar-refractivity contribution >= 4 is 30.7 Å². The van der Waals surface area contributed by atoms with Gasteiger partial charge in [0.15, 0.2) is 0 Å². The molecule has 0 aromatic heterocycles.